The summed E-state index contributed by atoms with van der Waals surface area (Å²) in [7, 11) is 0. The summed E-state index contributed by atoms with van der Waals surface area (Å²) >= 11 is 1.34. The van der Waals surface area contributed by atoms with Crippen molar-refractivity contribution in [3.05, 3.63) is 52.2 Å². The molecule has 1 atom stereocenters. The highest BCUT2D eigenvalue weighted by Gasteiger charge is 2.29. The first-order chi connectivity index (χ1) is 12.5. The number of esters is 1. The SMILES string of the molecule is C[C@H](NC(=O)COC(=O)c1cccc(NC(=O)c2cccs2)c1)C1CC1. The number of thiophene rings is 1. The fourth-order valence-electron chi connectivity index (χ4n) is 2.55. The molecule has 1 heterocycles. The third-order valence-electron chi connectivity index (χ3n) is 4.15. The number of benzene rings is 1. The Morgan fingerprint density at radius 1 is 1.23 bits per heavy atom. The predicted molar refractivity (Wildman–Crippen MR) is 99.3 cm³/mol. The lowest BCUT2D eigenvalue weighted by Crippen LogP contribution is -2.37. The molecule has 1 fully saturated rings. The first-order valence-corrected chi connectivity index (χ1v) is 9.32. The highest BCUT2D eigenvalue weighted by molar-refractivity contribution is 7.12. The van der Waals surface area contributed by atoms with E-state index in [0.29, 0.717) is 16.5 Å². The summed E-state index contributed by atoms with van der Waals surface area (Å²) in [6, 6.07) is 10.1. The Morgan fingerprint density at radius 3 is 2.73 bits per heavy atom. The molecule has 2 aromatic rings. The van der Waals surface area contributed by atoms with Crippen LogP contribution in [0.15, 0.2) is 41.8 Å². The van der Waals surface area contributed by atoms with Gasteiger partial charge >= 0.3 is 5.97 Å². The first kappa shape index (κ1) is 18.1. The minimum atomic E-state index is -0.605. The third kappa shape index (κ3) is 4.92. The van der Waals surface area contributed by atoms with E-state index in [1.54, 1.807) is 30.3 Å². The summed E-state index contributed by atoms with van der Waals surface area (Å²) in [5.41, 5.74) is 0.765. The summed E-state index contributed by atoms with van der Waals surface area (Å²) in [4.78, 5) is 36.6. The lowest BCUT2D eigenvalue weighted by molar-refractivity contribution is -0.124. The van der Waals surface area contributed by atoms with Crippen LogP contribution in [-0.2, 0) is 9.53 Å². The molecule has 136 valence electrons. The molecular formula is C19H20N2O4S. The van der Waals surface area contributed by atoms with Gasteiger partial charge in [0, 0.05) is 11.7 Å². The van der Waals surface area contributed by atoms with E-state index < -0.39 is 5.97 Å². The smallest absolute Gasteiger partial charge is 0.338 e. The Bertz CT molecular complexity index is 800. The Morgan fingerprint density at radius 2 is 2.04 bits per heavy atom. The molecule has 6 nitrogen and oxygen atoms in total. The van der Waals surface area contributed by atoms with Crippen LogP contribution in [0.4, 0.5) is 5.69 Å². The molecule has 2 N–H and O–H groups in total. The second-order valence-corrected chi connectivity index (χ2v) is 7.23. The van der Waals surface area contributed by atoms with E-state index in [1.807, 2.05) is 12.3 Å². The average molecular weight is 372 g/mol. The largest absolute Gasteiger partial charge is 0.452 e. The van der Waals surface area contributed by atoms with Crippen LogP contribution in [0.5, 0.6) is 0 Å². The summed E-state index contributed by atoms with van der Waals surface area (Å²) in [5.74, 6) is -0.608. The number of ether oxygens (including phenoxy) is 1. The molecule has 3 rings (SSSR count). The van der Waals surface area contributed by atoms with E-state index in [-0.39, 0.29) is 30.0 Å². The standard InChI is InChI=1S/C19H20N2O4S/c1-12(13-7-8-13)20-17(22)11-25-19(24)14-4-2-5-15(10-14)21-18(23)16-6-3-9-26-16/h2-6,9-10,12-13H,7-8,11H2,1H3,(H,20,22)(H,21,23)/t12-/m0/s1. The van der Waals surface area contributed by atoms with Gasteiger partial charge in [0.05, 0.1) is 10.4 Å². The lowest BCUT2D eigenvalue weighted by atomic mass is 10.2. The molecule has 26 heavy (non-hydrogen) atoms. The van der Waals surface area contributed by atoms with Gasteiger partial charge in [0.25, 0.3) is 11.8 Å². The van der Waals surface area contributed by atoms with Crippen LogP contribution in [0, 0.1) is 5.92 Å². The normalized spacial score (nSPS) is 14.3. The van der Waals surface area contributed by atoms with Crippen molar-refractivity contribution in [3.8, 4) is 0 Å². The number of rotatable bonds is 7. The van der Waals surface area contributed by atoms with Gasteiger partial charge in [-0.1, -0.05) is 12.1 Å². The first-order valence-electron chi connectivity index (χ1n) is 8.44. The number of carbonyl (C=O) groups is 3. The van der Waals surface area contributed by atoms with Gasteiger partial charge in [-0.2, -0.15) is 0 Å². The van der Waals surface area contributed by atoms with Crippen LogP contribution in [-0.4, -0.2) is 30.4 Å². The number of carbonyl (C=O) groups excluding carboxylic acids is 3. The molecule has 0 aliphatic heterocycles. The van der Waals surface area contributed by atoms with E-state index in [0.717, 1.165) is 12.8 Å². The van der Waals surface area contributed by atoms with Gasteiger partial charge < -0.3 is 15.4 Å². The molecule has 1 aromatic heterocycles. The molecular weight excluding hydrogens is 352 g/mol. The zero-order chi connectivity index (χ0) is 18.5. The van der Waals surface area contributed by atoms with Crippen LogP contribution in [0.25, 0.3) is 0 Å². The molecule has 7 heteroatoms. The molecule has 1 saturated carbocycles. The molecule has 0 spiro atoms. The number of hydrogen-bond donors (Lipinski definition) is 2. The van der Waals surface area contributed by atoms with Gasteiger partial charge in [-0.3, -0.25) is 9.59 Å². The van der Waals surface area contributed by atoms with Crippen LogP contribution in [0.2, 0.25) is 0 Å². The molecule has 1 aliphatic carbocycles. The summed E-state index contributed by atoms with van der Waals surface area (Å²) in [6.45, 7) is 1.64. The van der Waals surface area contributed by atoms with Crippen molar-refractivity contribution in [2.24, 2.45) is 5.92 Å². The van der Waals surface area contributed by atoms with E-state index >= 15 is 0 Å². The maximum atomic E-state index is 12.1. The minimum Gasteiger partial charge on any atom is -0.452 e. The second-order valence-electron chi connectivity index (χ2n) is 6.28. The maximum Gasteiger partial charge on any atom is 0.338 e. The third-order valence-corrected chi connectivity index (χ3v) is 5.02. The number of anilines is 1. The molecule has 0 bridgehead atoms. The van der Waals surface area contributed by atoms with Crippen molar-refractivity contribution in [1.29, 1.82) is 0 Å². The Kier molecular flexibility index (Phi) is 5.68. The number of amides is 2. The Labute approximate surface area is 155 Å². The van der Waals surface area contributed by atoms with Crippen LogP contribution in [0.1, 0.15) is 39.8 Å². The molecule has 1 aromatic carbocycles. The van der Waals surface area contributed by atoms with Gasteiger partial charge in [-0.15, -0.1) is 11.3 Å². The number of hydrogen-bond acceptors (Lipinski definition) is 5. The zero-order valence-corrected chi connectivity index (χ0v) is 15.2. The summed E-state index contributed by atoms with van der Waals surface area (Å²) < 4.78 is 5.06. The maximum absolute atomic E-state index is 12.1. The Hall–Kier alpha value is -2.67. The molecule has 0 saturated heterocycles. The van der Waals surface area contributed by atoms with Crippen LogP contribution in [0.3, 0.4) is 0 Å². The molecule has 2 amide bonds. The van der Waals surface area contributed by atoms with Crippen LogP contribution >= 0.6 is 11.3 Å². The fourth-order valence-corrected chi connectivity index (χ4v) is 3.17. The highest BCUT2D eigenvalue weighted by atomic mass is 32.1. The zero-order valence-electron chi connectivity index (χ0n) is 14.4. The van der Waals surface area contributed by atoms with Crippen molar-refractivity contribution >= 4 is 34.8 Å². The van der Waals surface area contributed by atoms with Crippen molar-refractivity contribution < 1.29 is 19.1 Å². The van der Waals surface area contributed by atoms with E-state index in [9.17, 15) is 14.4 Å². The second kappa shape index (κ2) is 8.14. The van der Waals surface area contributed by atoms with Crippen LogP contribution < -0.4 is 10.6 Å². The average Bonchev–Trinajstić information content (AvgIpc) is 3.34. The Balaban J connectivity index is 1.52. The van der Waals surface area contributed by atoms with Crippen molar-refractivity contribution in [3.63, 3.8) is 0 Å². The molecule has 0 unspecified atom stereocenters. The number of nitrogens with one attached hydrogen (secondary N) is 2. The summed E-state index contributed by atoms with van der Waals surface area (Å²) in [6.07, 6.45) is 2.26. The van der Waals surface area contributed by atoms with Gasteiger partial charge in [-0.25, -0.2) is 4.79 Å². The van der Waals surface area contributed by atoms with Gasteiger partial charge in [-0.05, 0) is 55.3 Å². The fraction of sp³-hybridized carbons (Fsp3) is 0.316. The quantitative estimate of drug-likeness (QED) is 0.732. The molecule has 1 aliphatic rings. The van der Waals surface area contributed by atoms with Gasteiger partial charge in [0.1, 0.15) is 0 Å². The molecule has 0 radical (unpaired) electrons. The minimum absolute atomic E-state index is 0.108. The van der Waals surface area contributed by atoms with Gasteiger partial charge in [0.15, 0.2) is 6.61 Å². The van der Waals surface area contributed by atoms with Crippen molar-refractivity contribution in [1.82, 2.24) is 5.32 Å². The van der Waals surface area contributed by atoms with E-state index in [1.165, 1.54) is 17.4 Å². The van der Waals surface area contributed by atoms with Crippen molar-refractivity contribution in [2.75, 3.05) is 11.9 Å². The van der Waals surface area contributed by atoms with Gasteiger partial charge in [0.2, 0.25) is 0 Å². The predicted octanol–water partition coefficient (Wildman–Crippen LogP) is 3.07. The topological polar surface area (TPSA) is 84.5 Å². The monoisotopic (exact) mass is 372 g/mol. The summed E-state index contributed by atoms with van der Waals surface area (Å²) in [5, 5.41) is 7.38. The van der Waals surface area contributed by atoms with E-state index in [4.69, 9.17) is 4.74 Å². The highest BCUT2D eigenvalue weighted by Crippen LogP contribution is 2.32. The van der Waals surface area contributed by atoms with E-state index in [2.05, 4.69) is 10.6 Å². The lowest BCUT2D eigenvalue weighted by Gasteiger charge is -2.13. The van der Waals surface area contributed by atoms with Crippen molar-refractivity contribution in [2.45, 2.75) is 25.8 Å².